The third-order valence-corrected chi connectivity index (χ3v) is 7.73. The number of ether oxygens (including phenoxy) is 2. The highest BCUT2D eigenvalue weighted by atomic mass is 32.2. The van der Waals surface area contributed by atoms with E-state index >= 15 is 0 Å². The van der Waals surface area contributed by atoms with Crippen molar-refractivity contribution in [3.05, 3.63) is 89.2 Å². The highest BCUT2D eigenvalue weighted by molar-refractivity contribution is 8.15. The number of hydrogen-bond donors (Lipinski definition) is 1. The molecule has 0 fully saturated rings. The third kappa shape index (κ3) is 5.80. The van der Waals surface area contributed by atoms with Crippen molar-refractivity contribution in [1.82, 2.24) is 5.01 Å². The smallest absolute Gasteiger partial charge is 0.262 e. The first-order chi connectivity index (χ1) is 18.8. The Hall–Kier alpha value is -4.18. The van der Waals surface area contributed by atoms with Crippen LogP contribution in [0.5, 0.6) is 11.5 Å². The van der Waals surface area contributed by atoms with Gasteiger partial charge in [-0.1, -0.05) is 30.0 Å². The van der Waals surface area contributed by atoms with E-state index in [0.717, 1.165) is 28.3 Å². The summed E-state index contributed by atoms with van der Waals surface area (Å²) in [7, 11) is 3.23. The number of aryl methyl sites for hydroxylation is 1. The molecule has 2 aliphatic heterocycles. The van der Waals surface area contributed by atoms with Crippen LogP contribution >= 0.6 is 11.8 Å². The summed E-state index contributed by atoms with van der Waals surface area (Å²) in [6.07, 6.45) is 0.499. The number of carbonyl (C=O) groups is 2. The molecule has 2 heterocycles. The van der Waals surface area contributed by atoms with Crippen molar-refractivity contribution in [2.75, 3.05) is 19.5 Å². The summed E-state index contributed by atoms with van der Waals surface area (Å²) in [5, 5.41) is 9.02. The average Bonchev–Trinajstić information content (AvgIpc) is 3.54. The predicted octanol–water partition coefficient (Wildman–Crippen LogP) is 5.33. The van der Waals surface area contributed by atoms with Crippen LogP contribution in [0, 0.1) is 12.7 Å². The van der Waals surface area contributed by atoms with Crippen LogP contribution in [0.3, 0.4) is 0 Å². The number of halogens is 1. The molecule has 39 heavy (non-hydrogen) atoms. The first-order valence-electron chi connectivity index (χ1n) is 12.3. The van der Waals surface area contributed by atoms with Gasteiger partial charge in [-0.05, 0) is 72.1 Å². The Kier molecular flexibility index (Phi) is 7.65. The number of thioether (sulfide) groups is 1. The van der Waals surface area contributed by atoms with Crippen LogP contribution in [0.2, 0.25) is 0 Å². The number of anilines is 1. The fourth-order valence-electron chi connectivity index (χ4n) is 4.39. The maximum Gasteiger partial charge on any atom is 0.262 e. The molecule has 2 amide bonds. The number of nitrogens with one attached hydrogen (secondary N) is 1. The second-order valence-corrected chi connectivity index (χ2v) is 10.3. The van der Waals surface area contributed by atoms with Gasteiger partial charge in [0.2, 0.25) is 5.91 Å². The Bertz CT molecular complexity index is 1460. The summed E-state index contributed by atoms with van der Waals surface area (Å²) in [5.41, 5.74) is 3.60. The Morgan fingerprint density at radius 3 is 2.36 bits per heavy atom. The van der Waals surface area contributed by atoms with Gasteiger partial charge in [0.05, 0.1) is 26.0 Å². The van der Waals surface area contributed by atoms with Gasteiger partial charge < -0.3 is 14.8 Å². The van der Waals surface area contributed by atoms with Gasteiger partial charge in [0.25, 0.3) is 5.91 Å². The monoisotopic (exact) mass is 546 g/mol. The van der Waals surface area contributed by atoms with Crippen molar-refractivity contribution in [2.24, 2.45) is 10.1 Å². The lowest BCUT2D eigenvalue weighted by atomic mass is 9.98. The molecule has 2 aliphatic rings. The number of hydrazone groups is 1. The number of rotatable bonds is 7. The molecular formula is C29H27FN4O4S. The van der Waals surface area contributed by atoms with Gasteiger partial charge in [-0.3, -0.25) is 9.59 Å². The second-order valence-electron chi connectivity index (χ2n) is 9.17. The molecule has 0 aromatic heterocycles. The molecule has 0 unspecified atom stereocenters. The molecule has 0 aliphatic carbocycles. The first kappa shape index (κ1) is 26.4. The zero-order chi connectivity index (χ0) is 27.5. The van der Waals surface area contributed by atoms with Crippen LogP contribution in [0.4, 0.5) is 10.1 Å². The highest BCUT2D eigenvalue weighted by Crippen LogP contribution is 2.39. The second kappa shape index (κ2) is 11.3. The minimum Gasteiger partial charge on any atom is -0.497 e. The number of amides is 2. The maximum atomic E-state index is 13.9. The molecule has 0 bridgehead atoms. The topological polar surface area (TPSA) is 92.6 Å². The van der Waals surface area contributed by atoms with Gasteiger partial charge in [0.1, 0.15) is 22.6 Å². The molecule has 5 rings (SSSR count). The zero-order valence-corrected chi connectivity index (χ0v) is 22.5. The Morgan fingerprint density at radius 2 is 1.72 bits per heavy atom. The van der Waals surface area contributed by atoms with Crippen LogP contribution in [0.15, 0.2) is 76.8 Å². The lowest BCUT2D eigenvalue weighted by molar-refractivity contribution is -0.121. The van der Waals surface area contributed by atoms with Gasteiger partial charge in [0.15, 0.2) is 5.17 Å². The van der Waals surface area contributed by atoms with Crippen molar-refractivity contribution in [3.8, 4) is 11.5 Å². The molecule has 1 N–H and O–H groups in total. The molecule has 3 aromatic carbocycles. The average molecular weight is 547 g/mol. The summed E-state index contributed by atoms with van der Waals surface area (Å²) in [4.78, 5) is 29.8. The summed E-state index contributed by atoms with van der Waals surface area (Å²) in [6.45, 7) is 1.65. The van der Waals surface area contributed by atoms with Gasteiger partial charge >= 0.3 is 0 Å². The van der Waals surface area contributed by atoms with E-state index < -0.39 is 22.9 Å². The molecule has 0 spiro atoms. The Morgan fingerprint density at radius 1 is 1.05 bits per heavy atom. The molecule has 200 valence electrons. The van der Waals surface area contributed by atoms with Crippen LogP contribution < -0.4 is 14.8 Å². The molecule has 0 saturated heterocycles. The quantitative estimate of drug-likeness (QED) is 0.431. The first-order valence-corrected chi connectivity index (χ1v) is 13.2. The molecule has 3 aromatic rings. The van der Waals surface area contributed by atoms with E-state index in [4.69, 9.17) is 14.6 Å². The van der Waals surface area contributed by atoms with E-state index in [1.165, 1.54) is 17.8 Å². The van der Waals surface area contributed by atoms with Crippen LogP contribution in [-0.2, 0) is 9.59 Å². The van der Waals surface area contributed by atoms with Gasteiger partial charge in [0, 0.05) is 18.5 Å². The number of benzene rings is 3. The van der Waals surface area contributed by atoms with Crippen LogP contribution in [-0.4, -0.2) is 47.2 Å². The lowest BCUT2D eigenvalue weighted by Gasteiger charge is -2.23. The number of carbonyl (C=O) groups excluding carboxylic acids is 2. The summed E-state index contributed by atoms with van der Waals surface area (Å²) in [6, 6.07) is 19.6. The molecule has 0 radical (unpaired) electrons. The van der Waals surface area contributed by atoms with Gasteiger partial charge in [-0.15, -0.1) is 0 Å². The Labute approximate surface area is 229 Å². The van der Waals surface area contributed by atoms with E-state index in [1.54, 1.807) is 38.3 Å². The minimum atomic E-state index is -0.702. The summed E-state index contributed by atoms with van der Waals surface area (Å²) in [5.74, 6) is 0.283. The van der Waals surface area contributed by atoms with E-state index in [1.807, 2.05) is 48.5 Å². The number of amidine groups is 1. The largest absolute Gasteiger partial charge is 0.497 e. The van der Waals surface area contributed by atoms with Crippen LogP contribution in [0.25, 0.3) is 0 Å². The van der Waals surface area contributed by atoms with Crippen molar-refractivity contribution in [3.63, 3.8) is 0 Å². The fraction of sp³-hybridized carbons (Fsp3) is 0.241. The van der Waals surface area contributed by atoms with Crippen molar-refractivity contribution >= 4 is 40.1 Å². The van der Waals surface area contributed by atoms with Crippen molar-refractivity contribution in [1.29, 1.82) is 0 Å². The SMILES string of the molecule is COc1ccc(C2=NN(C3=NC(=O)[C@H](CC(=O)Nc4ccc(C)c(F)c4)S3)[C@H](c3ccc(OC)cc3)C2)cc1. The molecule has 8 nitrogen and oxygen atoms in total. The summed E-state index contributed by atoms with van der Waals surface area (Å²) < 4.78 is 24.5. The lowest BCUT2D eigenvalue weighted by Crippen LogP contribution is -2.25. The predicted molar refractivity (Wildman–Crippen MR) is 150 cm³/mol. The van der Waals surface area contributed by atoms with Crippen molar-refractivity contribution in [2.45, 2.75) is 31.1 Å². The van der Waals surface area contributed by atoms with Gasteiger partial charge in [-0.25, -0.2) is 9.40 Å². The standard InChI is InChI=1S/C29H27FN4O4S/c1-17-4-9-20(14-23(17)30)31-27(35)16-26-28(36)32-29(39-26)34-25(19-7-12-22(38-3)13-8-19)15-24(33-34)18-5-10-21(37-2)11-6-18/h4-14,25-26H,15-16H2,1-3H3,(H,31,35)/t25-,26-/m0/s1. The molecule has 0 saturated carbocycles. The highest BCUT2D eigenvalue weighted by Gasteiger charge is 2.39. The summed E-state index contributed by atoms with van der Waals surface area (Å²) >= 11 is 1.21. The van der Waals surface area contributed by atoms with Crippen molar-refractivity contribution < 1.29 is 23.5 Å². The molecule has 2 atom stereocenters. The maximum absolute atomic E-state index is 13.9. The number of nitrogens with zero attached hydrogens (tertiary/aromatic N) is 3. The van der Waals surface area contributed by atoms with E-state index in [0.29, 0.717) is 22.8 Å². The third-order valence-electron chi connectivity index (χ3n) is 6.59. The van der Waals surface area contributed by atoms with E-state index in [9.17, 15) is 14.0 Å². The number of methoxy groups -OCH3 is 2. The molecule has 10 heteroatoms. The normalized spacial score (nSPS) is 18.6. The minimum absolute atomic E-state index is 0.0951. The fourth-order valence-corrected chi connectivity index (χ4v) is 5.45. The van der Waals surface area contributed by atoms with Gasteiger partial charge in [-0.2, -0.15) is 10.1 Å². The van der Waals surface area contributed by atoms with Crippen LogP contribution in [0.1, 0.15) is 35.6 Å². The number of hydrogen-bond acceptors (Lipinski definition) is 7. The van der Waals surface area contributed by atoms with E-state index in [-0.39, 0.29) is 12.5 Å². The molecular weight excluding hydrogens is 519 g/mol. The zero-order valence-electron chi connectivity index (χ0n) is 21.7. The van der Waals surface area contributed by atoms with E-state index in [2.05, 4.69) is 10.3 Å². The number of aliphatic imine (C=N–C) groups is 1. The Balaban J connectivity index is 1.35.